The Morgan fingerprint density at radius 1 is 1.21 bits per heavy atom. The van der Waals surface area contributed by atoms with Crippen LogP contribution in [0.1, 0.15) is 41.0 Å². The number of esters is 1. The number of nitrogens with two attached hydrogens (primary N) is 1. The lowest BCUT2D eigenvalue weighted by molar-refractivity contribution is -0.144. The number of aromatic nitrogens is 4. The van der Waals surface area contributed by atoms with Crippen LogP contribution < -0.4 is 11.1 Å². The molecular weight excluding hydrogens is 368 g/mol. The molecule has 0 saturated heterocycles. The number of tetrazole rings is 1. The Bertz CT molecular complexity index is 956. The predicted octanol–water partition coefficient (Wildman–Crippen LogP) is 1.88. The van der Waals surface area contributed by atoms with E-state index in [0.29, 0.717) is 25.5 Å². The van der Waals surface area contributed by atoms with Crippen LogP contribution in [0.15, 0.2) is 48.5 Å². The first-order chi connectivity index (χ1) is 14.1. The number of benzene rings is 2. The Hall–Kier alpha value is -3.10. The highest BCUT2D eigenvalue weighted by atomic mass is 16.5. The van der Waals surface area contributed by atoms with Crippen molar-refractivity contribution in [2.24, 2.45) is 5.73 Å². The van der Waals surface area contributed by atoms with Crippen molar-refractivity contribution in [2.75, 3.05) is 6.61 Å². The molecule has 0 bridgehead atoms. The third kappa shape index (κ3) is 5.46. The highest BCUT2D eigenvalue weighted by molar-refractivity contribution is 5.69. The molecule has 0 aliphatic carbocycles. The fraction of sp³-hybridized carbons (Fsp3) is 0.333. The predicted molar refractivity (Wildman–Crippen MR) is 109 cm³/mol. The van der Waals surface area contributed by atoms with E-state index in [4.69, 9.17) is 10.5 Å². The number of carbonyl (C=O) groups excluding carboxylic acids is 1. The molecule has 8 heteroatoms. The minimum atomic E-state index is -0.375. The number of aryl methyl sites for hydroxylation is 1. The number of hydrogen-bond acceptors (Lipinski definition) is 7. The zero-order valence-corrected chi connectivity index (χ0v) is 16.7. The Labute approximate surface area is 170 Å². The van der Waals surface area contributed by atoms with Gasteiger partial charge in [0.15, 0.2) is 5.82 Å². The molecule has 1 unspecified atom stereocenters. The normalized spacial score (nSPS) is 12.0. The maximum Gasteiger partial charge on any atom is 0.327 e. The molecule has 0 saturated carbocycles. The van der Waals surface area contributed by atoms with Gasteiger partial charge in [0.05, 0.1) is 12.6 Å². The summed E-state index contributed by atoms with van der Waals surface area (Å²) in [5.41, 5.74) is 10.1. The lowest BCUT2D eigenvalue weighted by Gasteiger charge is -2.19. The van der Waals surface area contributed by atoms with E-state index in [9.17, 15) is 4.79 Å². The van der Waals surface area contributed by atoms with E-state index in [0.717, 1.165) is 22.3 Å². The lowest BCUT2D eigenvalue weighted by atomic mass is 10.0. The molecule has 0 spiro atoms. The summed E-state index contributed by atoms with van der Waals surface area (Å²) < 4.78 is 6.52. The fourth-order valence-electron chi connectivity index (χ4n) is 3.15. The largest absolute Gasteiger partial charge is 0.465 e. The van der Waals surface area contributed by atoms with Crippen LogP contribution >= 0.6 is 0 Å². The summed E-state index contributed by atoms with van der Waals surface area (Å²) >= 11 is 0. The lowest BCUT2D eigenvalue weighted by Crippen LogP contribution is -2.27. The van der Waals surface area contributed by atoms with E-state index in [1.54, 1.807) is 6.92 Å². The van der Waals surface area contributed by atoms with E-state index >= 15 is 0 Å². The zero-order chi connectivity index (χ0) is 20.6. The molecule has 0 radical (unpaired) electrons. The zero-order valence-electron chi connectivity index (χ0n) is 16.7. The SMILES string of the molecule is CCOC(=O)Cn1nnnc1C(NCc1cccc(CN)c1)c1cccc(C)c1. The third-order valence-electron chi connectivity index (χ3n) is 4.51. The van der Waals surface area contributed by atoms with Crippen LogP contribution in [0.3, 0.4) is 0 Å². The molecule has 0 aliphatic heterocycles. The van der Waals surface area contributed by atoms with Gasteiger partial charge in [-0.1, -0.05) is 54.1 Å². The summed E-state index contributed by atoms with van der Waals surface area (Å²) in [6, 6.07) is 15.9. The van der Waals surface area contributed by atoms with Gasteiger partial charge >= 0.3 is 5.97 Å². The van der Waals surface area contributed by atoms with Gasteiger partial charge in [0.1, 0.15) is 6.54 Å². The van der Waals surface area contributed by atoms with Gasteiger partial charge in [-0.2, -0.15) is 0 Å². The smallest absolute Gasteiger partial charge is 0.327 e. The van der Waals surface area contributed by atoms with E-state index in [1.807, 2.05) is 43.3 Å². The van der Waals surface area contributed by atoms with Gasteiger partial charge in [-0.05, 0) is 41.0 Å². The van der Waals surface area contributed by atoms with Crippen molar-refractivity contribution < 1.29 is 9.53 Å². The summed E-state index contributed by atoms with van der Waals surface area (Å²) in [6.07, 6.45) is 0. The van der Waals surface area contributed by atoms with Gasteiger partial charge in [-0.15, -0.1) is 5.10 Å². The molecule has 152 valence electrons. The topological polar surface area (TPSA) is 108 Å². The molecule has 29 heavy (non-hydrogen) atoms. The summed E-state index contributed by atoms with van der Waals surface area (Å²) in [4.78, 5) is 12.0. The maximum absolute atomic E-state index is 12.0. The molecule has 3 N–H and O–H groups in total. The second-order valence-corrected chi connectivity index (χ2v) is 6.75. The van der Waals surface area contributed by atoms with E-state index in [-0.39, 0.29) is 18.6 Å². The van der Waals surface area contributed by atoms with Crippen molar-refractivity contribution in [2.45, 2.75) is 39.5 Å². The molecule has 1 atom stereocenters. The standard InChI is InChI=1S/C21H26N6O2/c1-3-29-19(28)14-27-21(24-25-26-27)20(18-9-4-6-15(2)10-18)23-13-17-8-5-7-16(11-17)12-22/h4-11,20,23H,3,12-14,22H2,1-2H3. The van der Waals surface area contributed by atoms with Gasteiger partial charge in [-0.25, -0.2) is 4.68 Å². The molecule has 0 aliphatic rings. The van der Waals surface area contributed by atoms with Gasteiger partial charge in [0, 0.05) is 13.1 Å². The Balaban J connectivity index is 1.88. The summed E-state index contributed by atoms with van der Waals surface area (Å²) in [5, 5.41) is 15.5. The first-order valence-electron chi connectivity index (χ1n) is 9.60. The van der Waals surface area contributed by atoms with E-state index in [2.05, 4.69) is 33.0 Å². The molecule has 8 nitrogen and oxygen atoms in total. The van der Waals surface area contributed by atoms with Crippen molar-refractivity contribution in [3.63, 3.8) is 0 Å². The highest BCUT2D eigenvalue weighted by Crippen LogP contribution is 2.22. The first-order valence-corrected chi connectivity index (χ1v) is 9.60. The molecule has 1 aromatic heterocycles. The van der Waals surface area contributed by atoms with Crippen molar-refractivity contribution >= 4 is 5.97 Å². The number of nitrogens with zero attached hydrogens (tertiary/aromatic N) is 4. The highest BCUT2D eigenvalue weighted by Gasteiger charge is 2.22. The van der Waals surface area contributed by atoms with Crippen molar-refractivity contribution in [1.29, 1.82) is 0 Å². The number of rotatable bonds is 9. The molecule has 0 fully saturated rings. The Morgan fingerprint density at radius 2 is 2.00 bits per heavy atom. The number of ether oxygens (including phenoxy) is 1. The van der Waals surface area contributed by atoms with Crippen LogP contribution in [0.2, 0.25) is 0 Å². The van der Waals surface area contributed by atoms with Crippen LogP contribution in [-0.4, -0.2) is 32.8 Å². The minimum Gasteiger partial charge on any atom is -0.465 e. The average Bonchev–Trinajstić information content (AvgIpc) is 3.16. The quantitative estimate of drug-likeness (QED) is 0.534. The van der Waals surface area contributed by atoms with E-state index < -0.39 is 0 Å². The van der Waals surface area contributed by atoms with E-state index in [1.165, 1.54) is 4.68 Å². The Morgan fingerprint density at radius 3 is 2.76 bits per heavy atom. The van der Waals surface area contributed by atoms with Crippen LogP contribution in [0.25, 0.3) is 0 Å². The molecule has 0 amide bonds. The van der Waals surface area contributed by atoms with Crippen molar-refractivity contribution in [1.82, 2.24) is 25.5 Å². The number of hydrogen-bond donors (Lipinski definition) is 2. The van der Waals surface area contributed by atoms with Crippen LogP contribution in [0.4, 0.5) is 0 Å². The molecule has 3 aromatic rings. The number of carbonyl (C=O) groups is 1. The van der Waals surface area contributed by atoms with Gasteiger partial charge in [-0.3, -0.25) is 10.1 Å². The van der Waals surface area contributed by atoms with Crippen molar-refractivity contribution in [3.8, 4) is 0 Å². The fourth-order valence-corrected chi connectivity index (χ4v) is 3.15. The summed E-state index contributed by atoms with van der Waals surface area (Å²) in [6.45, 7) is 5.17. The maximum atomic E-state index is 12.0. The van der Waals surface area contributed by atoms with Crippen LogP contribution in [0, 0.1) is 6.92 Å². The molecular formula is C21H26N6O2. The second kappa shape index (κ2) is 9.90. The molecule has 1 heterocycles. The summed E-state index contributed by atoms with van der Waals surface area (Å²) in [7, 11) is 0. The van der Waals surface area contributed by atoms with Gasteiger partial charge in [0.25, 0.3) is 0 Å². The van der Waals surface area contributed by atoms with Crippen LogP contribution in [-0.2, 0) is 29.2 Å². The molecule has 3 rings (SSSR count). The summed E-state index contributed by atoms with van der Waals surface area (Å²) in [5.74, 6) is 0.179. The van der Waals surface area contributed by atoms with Crippen LogP contribution in [0.5, 0.6) is 0 Å². The Kier molecular flexibility index (Phi) is 7.04. The number of nitrogens with one attached hydrogen (secondary N) is 1. The first kappa shape index (κ1) is 20.6. The monoisotopic (exact) mass is 394 g/mol. The van der Waals surface area contributed by atoms with Gasteiger partial charge in [0.2, 0.25) is 0 Å². The molecule has 2 aromatic carbocycles. The van der Waals surface area contributed by atoms with Gasteiger partial charge < -0.3 is 10.5 Å². The van der Waals surface area contributed by atoms with Crippen molar-refractivity contribution in [3.05, 3.63) is 76.6 Å². The minimum absolute atomic E-state index is 0.0389. The third-order valence-corrected chi connectivity index (χ3v) is 4.51. The second-order valence-electron chi connectivity index (χ2n) is 6.75. The average molecular weight is 394 g/mol.